The predicted octanol–water partition coefficient (Wildman–Crippen LogP) is 2.07. The second-order valence-corrected chi connectivity index (χ2v) is 10.8. The summed E-state index contributed by atoms with van der Waals surface area (Å²) < 4.78 is 41.2. The minimum atomic E-state index is -3.69. The zero-order valence-corrected chi connectivity index (χ0v) is 20.0. The number of anilines is 1. The van der Waals surface area contributed by atoms with E-state index in [9.17, 15) is 17.6 Å². The summed E-state index contributed by atoms with van der Waals surface area (Å²) in [6.07, 6.45) is 2.18. The Morgan fingerprint density at radius 1 is 1.12 bits per heavy atom. The second kappa shape index (κ2) is 8.62. The van der Waals surface area contributed by atoms with Gasteiger partial charge in [0.25, 0.3) is 0 Å². The zero-order valence-electron chi connectivity index (χ0n) is 19.2. The molecule has 2 aliphatic heterocycles. The number of piperazine rings is 1. The number of benzene rings is 1. The molecule has 0 spiro atoms. The molecular formula is C23H27FN6O3S. The van der Waals surface area contributed by atoms with Gasteiger partial charge in [0.05, 0.1) is 22.8 Å². The van der Waals surface area contributed by atoms with Crippen molar-refractivity contribution in [3.05, 3.63) is 47.7 Å². The van der Waals surface area contributed by atoms with E-state index < -0.39 is 10.0 Å². The fourth-order valence-electron chi connectivity index (χ4n) is 5.01. The Kier molecular flexibility index (Phi) is 5.76. The van der Waals surface area contributed by atoms with Gasteiger partial charge in [-0.2, -0.15) is 9.40 Å². The first kappa shape index (κ1) is 22.7. The van der Waals surface area contributed by atoms with Gasteiger partial charge in [-0.05, 0) is 38.5 Å². The van der Waals surface area contributed by atoms with Crippen molar-refractivity contribution >= 4 is 32.5 Å². The van der Waals surface area contributed by atoms with Crippen LogP contribution in [0.15, 0.2) is 35.4 Å². The van der Waals surface area contributed by atoms with E-state index in [1.165, 1.54) is 16.4 Å². The molecule has 2 aliphatic rings. The highest BCUT2D eigenvalue weighted by Crippen LogP contribution is 2.30. The highest BCUT2D eigenvalue weighted by atomic mass is 32.2. The lowest BCUT2D eigenvalue weighted by Crippen LogP contribution is -2.50. The number of fused-ring (bicyclic) bond motifs is 1. The highest BCUT2D eigenvalue weighted by molar-refractivity contribution is 7.89. The molecule has 2 saturated heterocycles. The summed E-state index contributed by atoms with van der Waals surface area (Å²) in [6.45, 7) is 6.24. The molecule has 0 radical (unpaired) electrons. The van der Waals surface area contributed by atoms with Crippen LogP contribution in [-0.4, -0.2) is 78.0 Å². The first-order valence-corrected chi connectivity index (χ1v) is 12.8. The Bertz CT molecular complexity index is 1330. The maximum atomic E-state index is 13.6. The van der Waals surface area contributed by atoms with Crippen molar-refractivity contribution < 1.29 is 17.6 Å². The molecule has 1 amide bonds. The number of aromatic amines is 1. The number of sulfonamides is 1. The lowest BCUT2D eigenvalue weighted by molar-refractivity contribution is -0.135. The van der Waals surface area contributed by atoms with Crippen LogP contribution in [0.4, 0.5) is 10.1 Å². The van der Waals surface area contributed by atoms with Gasteiger partial charge in [-0.3, -0.25) is 14.9 Å². The zero-order chi connectivity index (χ0) is 24.0. The molecule has 1 unspecified atom stereocenters. The van der Waals surface area contributed by atoms with Gasteiger partial charge in [0.2, 0.25) is 15.9 Å². The molecule has 1 N–H and O–H groups in total. The summed E-state index contributed by atoms with van der Waals surface area (Å²) in [5.41, 5.74) is 2.52. The van der Waals surface area contributed by atoms with Crippen molar-refractivity contribution in [3.63, 3.8) is 0 Å². The number of aromatic nitrogens is 3. The molecule has 2 fully saturated rings. The molecule has 4 heterocycles. The number of H-pyrrole nitrogens is 1. The first-order valence-electron chi connectivity index (χ1n) is 11.4. The van der Waals surface area contributed by atoms with Gasteiger partial charge in [0.1, 0.15) is 10.7 Å². The Morgan fingerprint density at radius 3 is 2.59 bits per heavy atom. The second-order valence-electron chi connectivity index (χ2n) is 8.92. The molecule has 0 bridgehead atoms. The van der Waals surface area contributed by atoms with Crippen LogP contribution in [0, 0.1) is 25.6 Å². The van der Waals surface area contributed by atoms with Crippen LogP contribution in [0.25, 0.3) is 10.9 Å². The van der Waals surface area contributed by atoms with Crippen molar-refractivity contribution in [3.8, 4) is 0 Å². The summed E-state index contributed by atoms with van der Waals surface area (Å²) in [7, 11) is -3.69. The molecule has 2 aromatic heterocycles. The van der Waals surface area contributed by atoms with Crippen LogP contribution in [0.3, 0.4) is 0 Å². The number of rotatable bonds is 4. The topological polar surface area (TPSA) is 102 Å². The van der Waals surface area contributed by atoms with Crippen LogP contribution >= 0.6 is 0 Å². The number of aryl methyl sites for hydroxylation is 2. The lowest BCUT2D eigenvalue weighted by atomic mass is 10.1. The molecular weight excluding hydrogens is 459 g/mol. The molecule has 0 saturated carbocycles. The number of pyridine rings is 1. The smallest absolute Gasteiger partial charge is 0.246 e. The molecule has 11 heteroatoms. The lowest BCUT2D eigenvalue weighted by Gasteiger charge is -2.37. The van der Waals surface area contributed by atoms with Gasteiger partial charge < -0.3 is 9.80 Å². The molecule has 0 aliphatic carbocycles. The van der Waals surface area contributed by atoms with E-state index in [1.807, 2.05) is 11.0 Å². The number of carbonyl (C=O) groups excluding carboxylic acids is 1. The summed E-state index contributed by atoms with van der Waals surface area (Å²) >= 11 is 0. The molecule has 3 aromatic rings. The minimum Gasteiger partial charge on any atom is -0.367 e. The van der Waals surface area contributed by atoms with Crippen LogP contribution in [-0.2, 0) is 14.8 Å². The number of hydrogen-bond donors (Lipinski definition) is 1. The van der Waals surface area contributed by atoms with Gasteiger partial charge in [0.15, 0.2) is 0 Å². The van der Waals surface area contributed by atoms with Crippen molar-refractivity contribution in [2.45, 2.75) is 25.2 Å². The van der Waals surface area contributed by atoms with E-state index in [2.05, 4.69) is 20.1 Å². The van der Waals surface area contributed by atoms with Crippen LogP contribution in [0.1, 0.15) is 17.8 Å². The van der Waals surface area contributed by atoms with Gasteiger partial charge in [-0.25, -0.2) is 12.8 Å². The number of amides is 1. The number of nitrogens with one attached hydrogen (secondary N) is 1. The Hall–Kier alpha value is -3.05. The van der Waals surface area contributed by atoms with E-state index in [0.29, 0.717) is 56.0 Å². The molecule has 1 aromatic carbocycles. The largest absolute Gasteiger partial charge is 0.367 e. The number of halogens is 1. The van der Waals surface area contributed by atoms with Crippen molar-refractivity contribution in [2.75, 3.05) is 44.2 Å². The molecule has 5 rings (SSSR count). The highest BCUT2D eigenvalue weighted by Gasteiger charge is 2.39. The van der Waals surface area contributed by atoms with Gasteiger partial charge in [-0.15, -0.1) is 0 Å². The normalized spacial score (nSPS) is 19.8. The number of nitrogens with zero attached hydrogens (tertiary/aromatic N) is 5. The molecule has 1 atom stereocenters. The minimum absolute atomic E-state index is 0.000329. The van der Waals surface area contributed by atoms with E-state index in [1.54, 1.807) is 26.1 Å². The quantitative estimate of drug-likeness (QED) is 0.606. The average Bonchev–Trinajstić information content (AvgIpc) is 3.45. The van der Waals surface area contributed by atoms with E-state index in [4.69, 9.17) is 0 Å². The fourth-order valence-corrected chi connectivity index (χ4v) is 6.84. The standard InChI is InChI=1S/C23H27FN6O3S/c1-15-22(16(2)27-26-15)34(32,33)30-8-6-17(14-30)23(31)29-11-9-28(10-12-29)21-5-7-25-20-13-18(24)3-4-19(20)21/h3-5,7,13,17H,6,8-12,14H2,1-2H3,(H,26,27). The maximum Gasteiger partial charge on any atom is 0.246 e. The van der Waals surface area contributed by atoms with E-state index in [-0.39, 0.29) is 29.1 Å². The Morgan fingerprint density at radius 2 is 1.88 bits per heavy atom. The first-order chi connectivity index (χ1) is 16.3. The van der Waals surface area contributed by atoms with Crippen molar-refractivity contribution in [1.82, 2.24) is 24.4 Å². The summed E-state index contributed by atoms with van der Waals surface area (Å²) in [6, 6.07) is 6.50. The Labute approximate surface area is 197 Å². The number of carbonyl (C=O) groups is 1. The van der Waals surface area contributed by atoms with E-state index in [0.717, 1.165) is 11.1 Å². The van der Waals surface area contributed by atoms with Gasteiger partial charge >= 0.3 is 0 Å². The van der Waals surface area contributed by atoms with Crippen LogP contribution in [0.2, 0.25) is 0 Å². The maximum absolute atomic E-state index is 13.6. The summed E-state index contributed by atoms with van der Waals surface area (Å²) in [5, 5.41) is 7.61. The third-order valence-corrected chi connectivity index (χ3v) is 8.90. The SMILES string of the molecule is Cc1n[nH]c(C)c1S(=O)(=O)N1CCC(C(=O)N2CCN(c3ccnc4cc(F)ccc34)CC2)C1. The van der Waals surface area contributed by atoms with E-state index >= 15 is 0 Å². The van der Waals surface area contributed by atoms with Crippen LogP contribution < -0.4 is 4.90 Å². The van der Waals surface area contributed by atoms with Gasteiger partial charge in [-0.1, -0.05) is 0 Å². The van der Waals surface area contributed by atoms with Crippen LogP contribution in [0.5, 0.6) is 0 Å². The molecule has 34 heavy (non-hydrogen) atoms. The van der Waals surface area contributed by atoms with Crippen molar-refractivity contribution in [2.24, 2.45) is 5.92 Å². The molecule has 9 nitrogen and oxygen atoms in total. The van der Waals surface area contributed by atoms with Crippen molar-refractivity contribution in [1.29, 1.82) is 0 Å². The molecule has 180 valence electrons. The average molecular weight is 487 g/mol. The third kappa shape index (κ3) is 3.92. The summed E-state index contributed by atoms with van der Waals surface area (Å²) in [5.74, 6) is -0.670. The van der Waals surface area contributed by atoms with Gasteiger partial charge in [0, 0.05) is 62.6 Å². The number of hydrogen-bond acceptors (Lipinski definition) is 6. The Balaban J connectivity index is 1.24. The summed E-state index contributed by atoms with van der Waals surface area (Å²) in [4.78, 5) is 21.7. The third-order valence-electron chi connectivity index (χ3n) is 6.77. The predicted molar refractivity (Wildman–Crippen MR) is 125 cm³/mol. The fraction of sp³-hybridized carbons (Fsp3) is 0.435. The monoisotopic (exact) mass is 486 g/mol.